The van der Waals surface area contributed by atoms with E-state index in [1.165, 1.54) is 11.8 Å². The molecule has 1 aliphatic heterocycles. The summed E-state index contributed by atoms with van der Waals surface area (Å²) >= 11 is 9.34. The maximum Gasteiger partial charge on any atom is 0.255 e. The molecule has 0 bridgehead atoms. The highest BCUT2D eigenvalue weighted by Gasteiger charge is 2.34. The van der Waals surface area contributed by atoms with Crippen LogP contribution >= 0.6 is 35.1 Å². The second kappa shape index (κ2) is 11.6. The lowest BCUT2D eigenvalue weighted by atomic mass is 9.95. The van der Waals surface area contributed by atoms with E-state index in [2.05, 4.69) is 22.8 Å². The first-order valence-electron chi connectivity index (χ1n) is 11.9. The molecule has 0 fully saturated rings. The van der Waals surface area contributed by atoms with Crippen molar-refractivity contribution in [2.24, 2.45) is 0 Å². The van der Waals surface area contributed by atoms with Crippen LogP contribution < -0.4 is 15.4 Å². The molecule has 38 heavy (non-hydrogen) atoms. The number of rotatable bonds is 8. The third kappa shape index (κ3) is 5.70. The molecule has 0 radical (unpaired) electrons. The van der Waals surface area contributed by atoms with Gasteiger partial charge in [-0.05, 0) is 72.8 Å². The molecule has 0 spiro atoms. The molecule has 1 aliphatic rings. The summed E-state index contributed by atoms with van der Waals surface area (Å²) in [5.74, 6) is 1.78. The summed E-state index contributed by atoms with van der Waals surface area (Å²) in [6.45, 7) is 1.89. The number of anilines is 2. The fraction of sp³-hybridized carbons (Fsp3) is 0.179. The van der Waals surface area contributed by atoms with Gasteiger partial charge in [-0.1, -0.05) is 47.6 Å². The lowest BCUT2D eigenvalue weighted by molar-refractivity contribution is -0.113. The first-order valence-corrected chi connectivity index (χ1v) is 14.4. The highest BCUT2D eigenvalue weighted by Crippen LogP contribution is 2.37. The highest BCUT2D eigenvalue weighted by atomic mass is 35.5. The molecule has 7 nitrogen and oxygen atoms in total. The van der Waals surface area contributed by atoms with Crippen LogP contribution in [0.4, 0.5) is 11.6 Å². The molecule has 2 heterocycles. The summed E-state index contributed by atoms with van der Waals surface area (Å²) < 4.78 is 7.03. The fourth-order valence-electron chi connectivity index (χ4n) is 4.23. The maximum absolute atomic E-state index is 13.7. The molecule has 1 atom stereocenters. The molecule has 0 saturated heterocycles. The van der Waals surface area contributed by atoms with Gasteiger partial charge in [-0.2, -0.15) is 4.98 Å². The largest absolute Gasteiger partial charge is 0.497 e. The number of thioether (sulfide) groups is 2. The number of aromatic nitrogens is 3. The van der Waals surface area contributed by atoms with Gasteiger partial charge in [-0.3, -0.25) is 4.79 Å². The number of nitrogens with one attached hydrogen (secondary N) is 2. The summed E-state index contributed by atoms with van der Waals surface area (Å²) in [6.07, 6.45) is 2.04. The minimum Gasteiger partial charge on any atom is -0.497 e. The van der Waals surface area contributed by atoms with Gasteiger partial charge in [0.1, 0.15) is 11.8 Å². The summed E-state index contributed by atoms with van der Waals surface area (Å²) in [5.41, 5.74) is 4.00. The van der Waals surface area contributed by atoms with Crippen LogP contribution in [0.25, 0.3) is 0 Å². The molecular formula is C28H26ClN5O2S2. The number of ether oxygens (including phenoxy) is 1. The van der Waals surface area contributed by atoms with Crippen molar-refractivity contribution >= 4 is 52.7 Å². The predicted molar refractivity (Wildman–Crippen MR) is 155 cm³/mol. The summed E-state index contributed by atoms with van der Waals surface area (Å²) in [4.78, 5) is 19.5. The first-order chi connectivity index (χ1) is 18.4. The second-order valence-corrected chi connectivity index (χ2v) is 10.9. The van der Waals surface area contributed by atoms with Gasteiger partial charge in [-0.25, -0.2) is 4.68 Å². The number of hydrogen-bond acceptors (Lipinski definition) is 7. The van der Waals surface area contributed by atoms with Crippen molar-refractivity contribution < 1.29 is 9.53 Å². The quantitative estimate of drug-likeness (QED) is 0.226. The SMILES string of the molecule is COc1ccc(NC(=O)C2=C(C)Nc3nc(SCc4cccc(Cl)c4)nn3[C@@H]2c2ccc(SC)cc2)cc1. The Morgan fingerprint density at radius 3 is 2.58 bits per heavy atom. The molecule has 1 amide bonds. The third-order valence-corrected chi connectivity index (χ3v) is 8.00. The van der Waals surface area contributed by atoms with E-state index in [-0.39, 0.29) is 5.91 Å². The zero-order chi connectivity index (χ0) is 26.6. The van der Waals surface area contributed by atoms with E-state index >= 15 is 0 Å². The van der Waals surface area contributed by atoms with Crippen LogP contribution in [0.5, 0.6) is 5.75 Å². The van der Waals surface area contributed by atoms with Crippen LogP contribution in [0.1, 0.15) is 24.1 Å². The lowest BCUT2D eigenvalue weighted by Crippen LogP contribution is -2.31. The van der Waals surface area contributed by atoms with Crippen LogP contribution in [-0.4, -0.2) is 34.0 Å². The van der Waals surface area contributed by atoms with Gasteiger partial charge >= 0.3 is 0 Å². The van der Waals surface area contributed by atoms with Crippen LogP contribution in [0, 0.1) is 0 Å². The molecule has 0 saturated carbocycles. The van der Waals surface area contributed by atoms with Crippen molar-refractivity contribution in [2.75, 3.05) is 24.0 Å². The van der Waals surface area contributed by atoms with E-state index in [0.29, 0.717) is 33.1 Å². The number of nitrogens with zero attached hydrogens (tertiary/aromatic N) is 3. The van der Waals surface area contributed by atoms with E-state index in [1.807, 2.05) is 73.8 Å². The monoisotopic (exact) mass is 563 g/mol. The normalized spacial score (nSPS) is 14.6. The minimum absolute atomic E-state index is 0.214. The Labute approximate surface area is 235 Å². The Hall–Kier alpha value is -3.40. The Balaban J connectivity index is 1.47. The highest BCUT2D eigenvalue weighted by molar-refractivity contribution is 7.98. The number of carbonyl (C=O) groups excluding carboxylic acids is 1. The molecule has 194 valence electrons. The van der Waals surface area contributed by atoms with E-state index in [9.17, 15) is 4.79 Å². The van der Waals surface area contributed by atoms with Crippen LogP contribution in [0.3, 0.4) is 0 Å². The Bertz CT molecular complexity index is 1490. The zero-order valence-corrected chi connectivity index (χ0v) is 23.5. The number of carbonyl (C=O) groups is 1. The average Bonchev–Trinajstić information content (AvgIpc) is 3.34. The first kappa shape index (κ1) is 26.2. The number of allylic oxidation sites excluding steroid dienone is 1. The number of halogens is 1. The predicted octanol–water partition coefficient (Wildman–Crippen LogP) is 6.88. The molecular weight excluding hydrogens is 538 g/mol. The van der Waals surface area contributed by atoms with Gasteiger partial charge in [-0.15, -0.1) is 16.9 Å². The Kier molecular flexibility index (Phi) is 7.97. The van der Waals surface area contributed by atoms with Gasteiger partial charge in [0.05, 0.1) is 12.7 Å². The molecule has 2 N–H and O–H groups in total. The third-order valence-electron chi connectivity index (χ3n) is 6.11. The van der Waals surface area contributed by atoms with Gasteiger partial charge < -0.3 is 15.4 Å². The van der Waals surface area contributed by atoms with Crippen LogP contribution in [0.15, 0.2) is 94.1 Å². The zero-order valence-electron chi connectivity index (χ0n) is 21.1. The van der Waals surface area contributed by atoms with E-state index < -0.39 is 6.04 Å². The average molecular weight is 564 g/mol. The smallest absolute Gasteiger partial charge is 0.255 e. The Morgan fingerprint density at radius 2 is 1.89 bits per heavy atom. The van der Waals surface area contributed by atoms with Gasteiger partial charge in [0, 0.05) is 27.1 Å². The van der Waals surface area contributed by atoms with Crippen molar-refractivity contribution in [3.05, 3.63) is 100 Å². The van der Waals surface area contributed by atoms with Crippen molar-refractivity contribution in [3.63, 3.8) is 0 Å². The summed E-state index contributed by atoms with van der Waals surface area (Å²) in [7, 11) is 1.61. The number of benzene rings is 3. The fourth-order valence-corrected chi connectivity index (χ4v) is 5.62. The molecule has 0 aliphatic carbocycles. The van der Waals surface area contributed by atoms with Crippen molar-refractivity contribution in [1.82, 2.24) is 14.8 Å². The summed E-state index contributed by atoms with van der Waals surface area (Å²) in [6, 6.07) is 22.8. The lowest BCUT2D eigenvalue weighted by Gasteiger charge is -2.28. The van der Waals surface area contributed by atoms with E-state index in [0.717, 1.165) is 27.5 Å². The van der Waals surface area contributed by atoms with Crippen molar-refractivity contribution in [2.45, 2.75) is 28.8 Å². The molecule has 1 aromatic heterocycles. The number of fused-ring (bicyclic) bond motifs is 1. The van der Waals surface area contributed by atoms with E-state index in [1.54, 1.807) is 23.6 Å². The van der Waals surface area contributed by atoms with Gasteiger partial charge in [0.2, 0.25) is 11.1 Å². The standard InChI is InChI=1S/C28H26ClN5O2S2/c1-17-24(26(35)31-21-9-11-22(36-2)12-10-21)25(19-7-13-23(37-3)14-8-19)34-27(30-17)32-28(33-34)38-16-18-5-4-6-20(29)15-18/h4-15,25H,16H2,1-3H3,(H,31,35)(H,30,32,33)/t25-/m1/s1. The topological polar surface area (TPSA) is 81.1 Å². The molecule has 0 unspecified atom stereocenters. The number of hydrogen-bond donors (Lipinski definition) is 2. The Morgan fingerprint density at radius 1 is 1.13 bits per heavy atom. The molecule has 5 rings (SSSR count). The minimum atomic E-state index is -0.451. The molecule has 3 aromatic carbocycles. The second-order valence-electron chi connectivity index (χ2n) is 8.60. The van der Waals surface area contributed by atoms with Crippen LogP contribution in [0.2, 0.25) is 5.02 Å². The maximum atomic E-state index is 13.7. The van der Waals surface area contributed by atoms with Gasteiger partial charge in [0.25, 0.3) is 5.91 Å². The molecule has 10 heteroatoms. The number of methoxy groups -OCH3 is 1. The van der Waals surface area contributed by atoms with Gasteiger partial charge in [0.15, 0.2) is 0 Å². The molecule has 4 aromatic rings. The van der Waals surface area contributed by atoms with E-state index in [4.69, 9.17) is 26.4 Å². The van der Waals surface area contributed by atoms with Crippen molar-refractivity contribution in [1.29, 1.82) is 0 Å². The van der Waals surface area contributed by atoms with Crippen LogP contribution in [-0.2, 0) is 10.5 Å². The summed E-state index contributed by atoms with van der Waals surface area (Å²) in [5, 5.41) is 12.5. The number of amides is 1. The van der Waals surface area contributed by atoms with Crippen molar-refractivity contribution in [3.8, 4) is 5.75 Å².